The molecule has 4 nitrogen and oxygen atoms in total. The first-order valence-electron chi connectivity index (χ1n) is 9.02. The number of amides is 1. The minimum atomic E-state index is -0.141. The number of hydrogen-bond donors (Lipinski definition) is 1. The van der Waals surface area contributed by atoms with Crippen LogP contribution in [0.5, 0.6) is 0 Å². The normalized spacial score (nSPS) is 14.3. The Kier molecular flexibility index (Phi) is 5.80. The van der Waals surface area contributed by atoms with Gasteiger partial charge in [0.25, 0.3) is 5.91 Å². The lowest BCUT2D eigenvalue weighted by Crippen LogP contribution is -2.34. The van der Waals surface area contributed by atoms with E-state index in [1.54, 1.807) is 24.3 Å². The first-order chi connectivity index (χ1) is 13.5. The van der Waals surface area contributed by atoms with E-state index in [9.17, 15) is 4.79 Å². The summed E-state index contributed by atoms with van der Waals surface area (Å²) in [4.78, 5) is 20.5. The number of benzene rings is 2. The largest absolute Gasteiger partial charge is 0.355 e. The van der Waals surface area contributed by atoms with Crippen molar-refractivity contribution in [2.45, 2.75) is 6.92 Å². The highest BCUT2D eigenvalue weighted by molar-refractivity contribution is 9.10. The molecule has 28 heavy (non-hydrogen) atoms. The van der Waals surface area contributed by atoms with Gasteiger partial charge in [-0.25, -0.2) is 4.98 Å². The lowest BCUT2D eigenvalue weighted by molar-refractivity contribution is 0.102. The molecule has 1 aliphatic heterocycles. The fourth-order valence-corrected chi connectivity index (χ4v) is 4.81. The van der Waals surface area contributed by atoms with Crippen LogP contribution in [-0.4, -0.2) is 35.5 Å². The van der Waals surface area contributed by atoms with Crippen LogP contribution in [-0.2, 0) is 0 Å². The van der Waals surface area contributed by atoms with E-state index in [-0.39, 0.29) is 5.91 Å². The molecule has 1 amide bonds. The van der Waals surface area contributed by atoms with Gasteiger partial charge < -0.3 is 10.2 Å². The van der Waals surface area contributed by atoms with Gasteiger partial charge in [0.1, 0.15) is 5.82 Å². The Morgan fingerprint density at radius 2 is 1.89 bits per heavy atom. The maximum absolute atomic E-state index is 13.3. The molecule has 1 aromatic heterocycles. The molecule has 1 aliphatic rings. The number of carbonyl (C=O) groups is 1. The van der Waals surface area contributed by atoms with Crippen LogP contribution >= 0.6 is 39.3 Å². The molecule has 144 valence electrons. The lowest BCUT2D eigenvalue weighted by Gasteiger charge is -2.29. The number of nitrogens with one attached hydrogen (secondary N) is 1. The first kappa shape index (κ1) is 19.6. The van der Waals surface area contributed by atoms with Gasteiger partial charge in [0.05, 0.1) is 11.1 Å². The Labute approximate surface area is 181 Å². The van der Waals surface area contributed by atoms with E-state index in [1.165, 1.54) is 0 Å². The predicted molar refractivity (Wildman–Crippen MR) is 123 cm³/mol. The monoisotopic (exact) mass is 475 g/mol. The van der Waals surface area contributed by atoms with E-state index in [2.05, 4.69) is 26.1 Å². The molecule has 0 saturated carbocycles. The molecule has 0 atom stereocenters. The van der Waals surface area contributed by atoms with Gasteiger partial charge in [-0.05, 0) is 49.4 Å². The molecule has 4 rings (SSSR count). The molecule has 1 N–H and O–H groups in total. The molecule has 2 aromatic carbocycles. The molecule has 0 aliphatic carbocycles. The quantitative estimate of drug-likeness (QED) is 0.522. The summed E-state index contributed by atoms with van der Waals surface area (Å²) in [7, 11) is 0. The van der Waals surface area contributed by atoms with Gasteiger partial charge in [0.2, 0.25) is 0 Å². The zero-order chi connectivity index (χ0) is 19.7. The van der Waals surface area contributed by atoms with Gasteiger partial charge in [-0.15, -0.1) is 0 Å². The molecule has 3 aromatic rings. The van der Waals surface area contributed by atoms with Crippen LogP contribution in [0.25, 0.3) is 10.9 Å². The van der Waals surface area contributed by atoms with Gasteiger partial charge in [0.15, 0.2) is 0 Å². The summed E-state index contributed by atoms with van der Waals surface area (Å²) < 4.78 is 0.920. The highest BCUT2D eigenvalue weighted by atomic mass is 79.9. The number of hydrogen-bond acceptors (Lipinski definition) is 4. The predicted octanol–water partition coefficient (Wildman–Crippen LogP) is 5.76. The third-order valence-corrected chi connectivity index (χ3v) is 6.49. The summed E-state index contributed by atoms with van der Waals surface area (Å²) in [6, 6.07) is 13.0. The minimum absolute atomic E-state index is 0.141. The number of fused-ring (bicyclic) bond motifs is 1. The Bertz CT molecular complexity index is 1040. The number of rotatable bonds is 3. The van der Waals surface area contributed by atoms with Crippen LogP contribution in [0.3, 0.4) is 0 Å². The highest BCUT2D eigenvalue weighted by Gasteiger charge is 2.22. The van der Waals surface area contributed by atoms with E-state index in [1.807, 2.05) is 36.9 Å². The summed E-state index contributed by atoms with van der Waals surface area (Å²) in [5.74, 6) is 2.91. The molecular weight excluding hydrogens is 458 g/mol. The number of anilines is 2. The second-order valence-corrected chi connectivity index (χ2v) is 9.23. The van der Waals surface area contributed by atoms with Crippen molar-refractivity contribution >= 4 is 67.6 Å². The Hall–Kier alpha value is -1.76. The van der Waals surface area contributed by atoms with Crippen molar-refractivity contribution < 1.29 is 4.79 Å². The summed E-state index contributed by atoms with van der Waals surface area (Å²) in [6.45, 7) is 3.87. The molecule has 0 radical (unpaired) electrons. The van der Waals surface area contributed by atoms with Crippen molar-refractivity contribution in [3.8, 4) is 0 Å². The Morgan fingerprint density at radius 3 is 2.61 bits per heavy atom. The Balaban J connectivity index is 1.81. The van der Waals surface area contributed by atoms with E-state index in [0.29, 0.717) is 16.3 Å². The van der Waals surface area contributed by atoms with Gasteiger partial charge >= 0.3 is 0 Å². The van der Waals surface area contributed by atoms with Gasteiger partial charge in [-0.3, -0.25) is 4.79 Å². The van der Waals surface area contributed by atoms with Crippen molar-refractivity contribution in [2.75, 3.05) is 34.8 Å². The van der Waals surface area contributed by atoms with Crippen molar-refractivity contribution in [1.82, 2.24) is 4.98 Å². The molecule has 1 saturated heterocycles. The van der Waals surface area contributed by atoms with Gasteiger partial charge in [-0.1, -0.05) is 27.5 Å². The number of halogens is 2. The fraction of sp³-hybridized carbons (Fsp3) is 0.238. The van der Waals surface area contributed by atoms with Crippen molar-refractivity contribution in [3.05, 3.63) is 63.1 Å². The van der Waals surface area contributed by atoms with Crippen molar-refractivity contribution in [1.29, 1.82) is 0 Å². The summed E-state index contributed by atoms with van der Waals surface area (Å²) in [5, 5.41) is 4.48. The SMILES string of the molecule is Cc1c(N2CCSCC2)nc2ccc(Br)cc2c1C(=O)Nc1ccc(Cl)cc1. The van der Waals surface area contributed by atoms with Crippen molar-refractivity contribution in [3.63, 3.8) is 0 Å². The molecule has 0 unspecified atom stereocenters. The third-order valence-electron chi connectivity index (χ3n) is 4.80. The topological polar surface area (TPSA) is 45.2 Å². The van der Waals surface area contributed by atoms with Crippen molar-refractivity contribution in [2.24, 2.45) is 0 Å². The molecular formula is C21H19BrClN3OS. The summed E-state index contributed by atoms with van der Waals surface area (Å²) >= 11 is 11.4. The zero-order valence-corrected chi connectivity index (χ0v) is 18.5. The zero-order valence-electron chi connectivity index (χ0n) is 15.3. The second kappa shape index (κ2) is 8.31. The fourth-order valence-electron chi connectivity index (χ4n) is 3.42. The van der Waals surface area contributed by atoms with E-state index in [4.69, 9.17) is 16.6 Å². The molecule has 2 heterocycles. The summed E-state index contributed by atoms with van der Waals surface area (Å²) in [5.41, 5.74) is 3.10. The van der Waals surface area contributed by atoms with Gasteiger partial charge in [0, 0.05) is 50.7 Å². The number of thioether (sulfide) groups is 1. The van der Waals surface area contributed by atoms with Crippen LogP contribution in [0.15, 0.2) is 46.9 Å². The number of aromatic nitrogens is 1. The number of carbonyl (C=O) groups excluding carboxylic acids is 1. The van der Waals surface area contributed by atoms with E-state index < -0.39 is 0 Å². The van der Waals surface area contributed by atoms with E-state index >= 15 is 0 Å². The second-order valence-electron chi connectivity index (χ2n) is 6.66. The standard InChI is InChI=1S/C21H19BrClN3OS/c1-13-19(21(27)24-16-5-3-15(23)4-6-16)17-12-14(22)2-7-18(17)25-20(13)26-8-10-28-11-9-26/h2-7,12H,8-11H2,1H3,(H,24,27). The Morgan fingerprint density at radius 1 is 1.18 bits per heavy atom. The van der Waals surface area contributed by atoms with Gasteiger partial charge in [-0.2, -0.15) is 11.8 Å². The molecule has 7 heteroatoms. The van der Waals surface area contributed by atoms with Crippen LogP contribution in [0, 0.1) is 6.92 Å². The average Bonchev–Trinajstić information content (AvgIpc) is 2.70. The van der Waals surface area contributed by atoms with Crippen LogP contribution in [0.1, 0.15) is 15.9 Å². The molecule has 0 bridgehead atoms. The van der Waals surface area contributed by atoms with Crippen LogP contribution < -0.4 is 10.2 Å². The highest BCUT2D eigenvalue weighted by Crippen LogP contribution is 2.32. The molecule has 1 fully saturated rings. The average molecular weight is 477 g/mol. The molecule has 0 spiro atoms. The van der Waals surface area contributed by atoms with Crippen LogP contribution in [0.2, 0.25) is 5.02 Å². The van der Waals surface area contributed by atoms with E-state index in [0.717, 1.165) is 51.4 Å². The lowest BCUT2D eigenvalue weighted by atomic mass is 10.0. The smallest absolute Gasteiger partial charge is 0.256 e. The maximum Gasteiger partial charge on any atom is 0.256 e. The number of nitrogens with zero attached hydrogens (tertiary/aromatic N) is 2. The maximum atomic E-state index is 13.3. The number of pyridine rings is 1. The first-order valence-corrected chi connectivity index (χ1v) is 11.3. The summed E-state index contributed by atoms with van der Waals surface area (Å²) in [6.07, 6.45) is 0. The minimum Gasteiger partial charge on any atom is -0.355 e. The van der Waals surface area contributed by atoms with Crippen LogP contribution in [0.4, 0.5) is 11.5 Å². The third kappa shape index (κ3) is 4.00.